The topological polar surface area (TPSA) is 218 Å². The van der Waals surface area contributed by atoms with E-state index < -0.39 is 29.2 Å². The van der Waals surface area contributed by atoms with E-state index in [-0.39, 0.29) is 35.0 Å². The Bertz CT molecular complexity index is 1620. The van der Waals surface area contributed by atoms with E-state index in [9.17, 15) is 19.5 Å². The second-order valence-electron chi connectivity index (χ2n) is 9.53. The number of pyridine rings is 1. The van der Waals surface area contributed by atoms with Crippen molar-refractivity contribution in [2.24, 2.45) is 5.16 Å². The van der Waals surface area contributed by atoms with E-state index in [1.807, 2.05) is 41.2 Å². The lowest BCUT2D eigenvalue weighted by Crippen LogP contribution is -2.71. The Morgan fingerprint density at radius 3 is 2.86 bits per heavy atom. The summed E-state index contributed by atoms with van der Waals surface area (Å²) in [5, 5.41) is 30.6. The summed E-state index contributed by atoms with van der Waals surface area (Å²) in [6, 6.07) is 2.87. The van der Waals surface area contributed by atoms with Crippen LogP contribution in [0, 0.1) is 0 Å². The molecular weight excluding hydrogens is 619 g/mol. The van der Waals surface area contributed by atoms with Crippen LogP contribution in [0.5, 0.6) is 0 Å². The molecule has 3 atom stereocenters. The highest BCUT2D eigenvalue weighted by molar-refractivity contribution is 8.00. The van der Waals surface area contributed by atoms with Gasteiger partial charge < -0.3 is 21.0 Å². The van der Waals surface area contributed by atoms with Crippen LogP contribution in [0.1, 0.15) is 24.2 Å². The minimum atomic E-state index is -1.21. The summed E-state index contributed by atoms with van der Waals surface area (Å²) in [5.41, 5.74) is 7.01. The molecule has 1 fully saturated rings. The fraction of sp³-hybridized carbons (Fsp3) is 0.333. The van der Waals surface area contributed by atoms with Crippen LogP contribution >= 0.6 is 35.1 Å². The van der Waals surface area contributed by atoms with Crippen LogP contribution in [0.25, 0.3) is 0 Å². The van der Waals surface area contributed by atoms with Crippen molar-refractivity contribution in [1.29, 1.82) is 0 Å². The monoisotopic (exact) mass is 642 g/mol. The number of H-pyrrole nitrogens is 1. The maximum absolute atomic E-state index is 13.3. The molecule has 2 amide bonds. The highest BCUT2D eigenvalue weighted by Crippen LogP contribution is 2.40. The van der Waals surface area contributed by atoms with Gasteiger partial charge in [0.2, 0.25) is 16.7 Å². The number of nitrogens with one attached hydrogen (secondary N) is 2. The van der Waals surface area contributed by atoms with E-state index in [1.165, 1.54) is 28.4 Å². The number of β-lactam (4-membered cyclic amide) rings is 1. The average Bonchev–Trinajstić information content (AvgIpc) is 3.80. The van der Waals surface area contributed by atoms with Crippen LogP contribution in [-0.4, -0.2) is 86.8 Å². The maximum atomic E-state index is 13.3. The highest BCUT2D eigenvalue weighted by atomic mass is 32.2. The Kier molecular flexibility index (Phi) is 8.34. The number of aliphatic carboxylic acids is 1. The molecule has 0 spiro atoms. The third-order valence-electron chi connectivity index (χ3n) is 6.68. The van der Waals surface area contributed by atoms with Crippen molar-refractivity contribution in [2.75, 3.05) is 11.5 Å². The van der Waals surface area contributed by atoms with Gasteiger partial charge in [-0.25, -0.2) is 9.36 Å². The Morgan fingerprint density at radius 2 is 2.19 bits per heavy atom. The quantitative estimate of drug-likeness (QED) is 0.0545. The van der Waals surface area contributed by atoms with E-state index in [0.29, 0.717) is 22.2 Å². The van der Waals surface area contributed by atoms with Gasteiger partial charge in [0.25, 0.3) is 11.8 Å². The predicted octanol–water partition coefficient (Wildman–Crippen LogP) is 0.0913. The highest BCUT2D eigenvalue weighted by Gasteiger charge is 2.55. The van der Waals surface area contributed by atoms with Gasteiger partial charge in [-0.05, 0) is 29.7 Å². The first kappa shape index (κ1) is 28.7. The van der Waals surface area contributed by atoms with Crippen molar-refractivity contribution < 1.29 is 28.9 Å². The molecular formula is C24H24N11O5S3+. The zero-order valence-corrected chi connectivity index (χ0v) is 24.6. The number of nitrogens with zero attached hydrogens (tertiary/aromatic N) is 8. The summed E-state index contributed by atoms with van der Waals surface area (Å²) in [6.45, 7) is 0.279. The number of anilines is 1. The first-order chi connectivity index (χ1) is 20.9. The maximum Gasteiger partial charge on any atom is 0.352 e. The van der Waals surface area contributed by atoms with Gasteiger partial charge in [0.15, 0.2) is 24.1 Å². The Hall–Kier alpha value is -4.36. The van der Waals surface area contributed by atoms with Gasteiger partial charge in [0, 0.05) is 40.7 Å². The van der Waals surface area contributed by atoms with Crippen molar-refractivity contribution in [3.63, 3.8) is 0 Å². The number of carboxylic acids is 1. The fourth-order valence-electron chi connectivity index (χ4n) is 4.61. The third kappa shape index (κ3) is 6.22. The number of carbonyl (C=O) groups is 3. The third-order valence-corrected chi connectivity index (χ3v) is 9.47. The molecule has 0 radical (unpaired) electrons. The SMILES string of the molecule is Nc1nc(C(=NOC2C=CCC2)C(=O)NC2C(=O)N3C(C(=O)O)=C(C[n+]4ccc(CSc5nn[nH]n5)cc4)CS[C@H]23)ns1. The number of hydrogen-bond donors (Lipinski definition) is 4. The molecule has 1 saturated heterocycles. The number of tetrazole rings is 1. The Morgan fingerprint density at radius 1 is 1.35 bits per heavy atom. The van der Waals surface area contributed by atoms with E-state index in [4.69, 9.17) is 10.6 Å². The second kappa shape index (κ2) is 12.5. The molecule has 16 nitrogen and oxygen atoms in total. The Labute approximate surface area is 256 Å². The largest absolute Gasteiger partial charge is 0.477 e. The lowest BCUT2D eigenvalue weighted by atomic mass is 10.0. The summed E-state index contributed by atoms with van der Waals surface area (Å²) in [6.07, 6.45) is 8.75. The van der Waals surface area contributed by atoms with Crippen LogP contribution in [0.4, 0.5) is 5.13 Å². The van der Waals surface area contributed by atoms with Gasteiger partial charge in [0.1, 0.15) is 23.2 Å². The first-order valence-electron chi connectivity index (χ1n) is 12.9. The lowest BCUT2D eigenvalue weighted by Gasteiger charge is -2.49. The number of aromatic nitrogens is 7. The number of amides is 2. The zero-order chi connectivity index (χ0) is 29.9. The van der Waals surface area contributed by atoms with Crippen molar-refractivity contribution in [3.8, 4) is 0 Å². The molecule has 1 aliphatic carbocycles. The molecule has 19 heteroatoms. The van der Waals surface area contributed by atoms with Crippen LogP contribution in [0.15, 0.2) is 58.3 Å². The van der Waals surface area contributed by atoms with Gasteiger partial charge in [-0.15, -0.1) is 22.0 Å². The smallest absolute Gasteiger partial charge is 0.352 e. The molecule has 0 aromatic carbocycles. The number of hydrogen-bond acceptors (Lipinski definition) is 14. The number of carboxylic acid groups (broad SMARTS) is 1. The summed E-state index contributed by atoms with van der Waals surface area (Å²) < 4.78 is 5.91. The number of carbonyl (C=O) groups excluding carboxylic acids is 2. The lowest BCUT2D eigenvalue weighted by molar-refractivity contribution is -0.689. The zero-order valence-electron chi connectivity index (χ0n) is 22.2. The number of fused-ring (bicyclic) bond motifs is 1. The number of aromatic amines is 1. The van der Waals surface area contributed by atoms with Gasteiger partial charge in [0.05, 0.1) is 0 Å². The van der Waals surface area contributed by atoms with Crippen LogP contribution in [-0.2, 0) is 31.5 Å². The van der Waals surface area contributed by atoms with Crippen molar-refractivity contribution >= 4 is 63.7 Å². The molecule has 5 heterocycles. The molecule has 3 aliphatic rings. The van der Waals surface area contributed by atoms with Crippen molar-refractivity contribution in [2.45, 2.75) is 47.8 Å². The van der Waals surface area contributed by atoms with Crippen LogP contribution in [0.3, 0.4) is 0 Å². The number of nitrogen functional groups attached to an aromatic ring is 1. The molecule has 3 aromatic rings. The summed E-state index contributed by atoms with van der Waals surface area (Å²) in [4.78, 5) is 49.6. The molecule has 2 unspecified atom stereocenters. The molecule has 6 rings (SSSR count). The fourth-order valence-corrected chi connectivity index (χ4v) is 7.08. The number of oxime groups is 1. The first-order valence-corrected chi connectivity index (χ1v) is 15.7. The number of thioether (sulfide) groups is 2. The number of rotatable bonds is 11. The molecule has 0 bridgehead atoms. The van der Waals surface area contributed by atoms with Crippen LogP contribution in [0.2, 0.25) is 0 Å². The predicted molar refractivity (Wildman–Crippen MR) is 154 cm³/mol. The Balaban J connectivity index is 1.13. The minimum Gasteiger partial charge on any atom is -0.477 e. The van der Waals surface area contributed by atoms with Gasteiger partial charge in [-0.3, -0.25) is 14.5 Å². The van der Waals surface area contributed by atoms with Crippen molar-refractivity contribution in [3.05, 3.63) is 59.3 Å². The summed E-state index contributed by atoms with van der Waals surface area (Å²) in [7, 11) is 0. The normalized spacial score (nSPS) is 21.5. The molecule has 5 N–H and O–H groups in total. The molecule has 2 aliphatic heterocycles. The van der Waals surface area contributed by atoms with E-state index in [1.54, 1.807) is 0 Å². The molecule has 3 aromatic heterocycles. The van der Waals surface area contributed by atoms with E-state index in [2.05, 4.69) is 40.5 Å². The van der Waals surface area contributed by atoms with E-state index in [0.717, 1.165) is 29.9 Å². The van der Waals surface area contributed by atoms with Gasteiger partial charge in [-0.2, -0.15) is 14.6 Å². The average molecular weight is 643 g/mol. The second-order valence-corrected chi connectivity index (χ2v) is 12.4. The van der Waals surface area contributed by atoms with Crippen molar-refractivity contribution in [1.82, 2.24) is 40.2 Å². The van der Waals surface area contributed by atoms with Crippen LogP contribution < -0.4 is 15.6 Å². The van der Waals surface area contributed by atoms with Gasteiger partial charge >= 0.3 is 5.97 Å². The number of nitrogens with two attached hydrogens (primary N) is 1. The summed E-state index contributed by atoms with van der Waals surface area (Å²) >= 11 is 3.70. The minimum absolute atomic E-state index is 0.0215. The molecule has 43 heavy (non-hydrogen) atoms. The van der Waals surface area contributed by atoms with E-state index >= 15 is 0 Å². The summed E-state index contributed by atoms with van der Waals surface area (Å²) in [5.74, 6) is -1.51. The standard InChI is InChI=1S/C24H23N11O5S3/c25-23-27-18(31-43-23)15(30-40-14-3-1-2-4-14)19(36)26-16-20(37)35-17(22(38)39)13(11-41-21(16)35)9-34-7-5-12(6-8-34)10-42-24-28-32-33-29-24/h1,3,5-8,14,16,21H,2,4,9-11H2,(H4-,25,26,27,28,29,31,32,33,36,38,39)/p+1/t14?,16?,21-/m1/s1. The number of allylic oxidation sites excluding steroid dienone is 1. The molecule has 0 saturated carbocycles. The van der Waals surface area contributed by atoms with Gasteiger partial charge in [-0.1, -0.05) is 23.0 Å². The molecule has 222 valence electrons.